The minimum absolute atomic E-state index is 0.00534. The molecule has 8 heteroatoms. The van der Waals surface area contributed by atoms with Gasteiger partial charge in [-0.2, -0.15) is 4.31 Å². The summed E-state index contributed by atoms with van der Waals surface area (Å²) < 4.78 is 32.8. The van der Waals surface area contributed by atoms with Crippen molar-refractivity contribution in [3.8, 4) is 0 Å². The Morgan fingerprint density at radius 3 is 2.18 bits per heavy atom. The zero-order valence-corrected chi connectivity index (χ0v) is 19.7. The second-order valence-corrected chi connectivity index (χ2v) is 10.3. The molecule has 1 aromatic heterocycles. The number of para-hydroxylation sites is 1. The van der Waals surface area contributed by atoms with Gasteiger partial charge in [0.05, 0.1) is 0 Å². The third kappa shape index (κ3) is 5.12. The predicted octanol–water partition coefficient (Wildman–Crippen LogP) is 5.25. The molecule has 0 spiro atoms. The summed E-state index contributed by atoms with van der Waals surface area (Å²) in [6.45, 7) is 4.77. The van der Waals surface area contributed by atoms with Gasteiger partial charge in [-0.15, -0.1) is 0 Å². The molecule has 1 aliphatic rings. The Labute approximate surface area is 195 Å². The van der Waals surface area contributed by atoms with Crippen LogP contribution < -0.4 is 10.2 Å². The maximum absolute atomic E-state index is 13.3. The van der Waals surface area contributed by atoms with Crippen LogP contribution in [-0.2, 0) is 10.0 Å². The van der Waals surface area contributed by atoms with E-state index in [9.17, 15) is 13.2 Å². The van der Waals surface area contributed by atoms with E-state index in [4.69, 9.17) is 4.42 Å². The number of rotatable bonds is 7. The number of nitrogens with zero attached hydrogens (tertiary/aromatic N) is 2. The molecular formula is C25H29N3O4S. The lowest BCUT2D eigenvalue weighted by Crippen LogP contribution is -2.37. The molecule has 0 aliphatic carbocycles. The molecule has 1 amide bonds. The molecule has 0 bridgehead atoms. The molecule has 0 atom stereocenters. The fraction of sp³-hybridized carbons (Fsp3) is 0.320. The van der Waals surface area contributed by atoms with Gasteiger partial charge in [0.2, 0.25) is 5.09 Å². The van der Waals surface area contributed by atoms with Gasteiger partial charge in [-0.3, -0.25) is 4.79 Å². The maximum Gasteiger partial charge on any atom is 0.294 e. The Morgan fingerprint density at radius 1 is 0.909 bits per heavy atom. The van der Waals surface area contributed by atoms with Gasteiger partial charge in [-0.05, 0) is 75.2 Å². The zero-order chi connectivity index (χ0) is 23.4. The lowest BCUT2D eigenvalue weighted by molar-refractivity contribution is 0.0948. The molecule has 4 rings (SSSR count). The van der Waals surface area contributed by atoms with E-state index in [-0.39, 0.29) is 22.8 Å². The zero-order valence-electron chi connectivity index (χ0n) is 18.9. The molecule has 0 radical (unpaired) electrons. The molecule has 174 valence electrons. The van der Waals surface area contributed by atoms with Crippen molar-refractivity contribution >= 4 is 33.0 Å². The van der Waals surface area contributed by atoms with E-state index in [1.165, 1.54) is 16.4 Å². The van der Waals surface area contributed by atoms with Crippen molar-refractivity contribution in [2.75, 3.05) is 23.3 Å². The van der Waals surface area contributed by atoms with Crippen LogP contribution in [-0.4, -0.2) is 37.8 Å². The summed E-state index contributed by atoms with van der Waals surface area (Å²) in [6, 6.07) is 20.0. The first-order valence-electron chi connectivity index (χ1n) is 11.2. The fourth-order valence-electron chi connectivity index (χ4n) is 3.97. The predicted molar refractivity (Wildman–Crippen MR) is 129 cm³/mol. The van der Waals surface area contributed by atoms with Gasteiger partial charge in [0, 0.05) is 36.2 Å². The summed E-state index contributed by atoms with van der Waals surface area (Å²) in [5.41, 5.74) is 2.57. The molecular weight excluding hydrogens is 438 g/mol. The van der Waals surface area contributed by atoms with Gasteiger partial charge in [-0.25, -0.2) is 8.42 Å². The number of carbonyl (C=O) groups excluding carboxylic acids is 1. The summed E-state index contributed by atoms with van der Waals surface area (Å²) in [5.74, 6) is -0.375. The second-order valence-electron chi connectivity index (χ2n) is 8.39. The van der Waals surface area contributed by atoms with Gasteiger partial charge in [0.25, 0.3) is 15.9 Å². The van der Waals surface area contributed by atoms with Crippen LogP contribution in [0.4, 0.5) is 17.1 Å². The molecule has 1 fully saturated rings. The molecule has 1 aliphatic heterocycles. The largest absolute Gasteiger partial charge is 0.438 e. The number of carbonyl (C=O) groups is 1. The number of hydrogen-bond acceptors (Lipinski definition) is 5. The summed E-state index contributed by atoms with van der Waals surface area (Å²) in [5, 5.41) is 3.14. The number of sulfonamides is 1. The number of anilines is 3. The van der Waals surface area contributed by atoms with Crippen molar-refractivity contribution in [3.63, 3.8) is 0 Å². The van der Waals surface area contributed by atoms with E-state index < -0.39 is 10.0 Å². The molecule has 0 saturated carbocycles. The summed E-state index contributed by atoms with van der Waals surface area (Å²) in [6.07, 6.45) is 2.70. The van der Waals surface area contributed by atoms with Crippen LogP contribution in [0.15, 0.2) is 76.2 Å². The van der Waals surface area contributed by atoms with E-state index >= 15 is 0 Å². The standard InChI is InChI=1S/C25H29N3O4S/c1-19(2)28(22-13-11-21(12-14-22)26-20-9-5-3-6-10-20)25(29)23-15-16-24(32-23)33(30,31)27-17-7-4-8-18-27/h3,5-6,9-16,19,26H,4,7-8,17-18H2,1-2H3. The average molecular weight is 468 g/mol. The first-order chi connectivity index (χ1) is 15.9. The van der Waals surface area contributed by atoms with Gasteiger partial charge < -0.3 is 14.6 Å². The maximum atomic E-state index is 13.3. The molecule has 3 aromatic rings. The van der Waals surface area contributed by atoms with E-state index in [1.807, 2.05) is 68.4 Å². The van der Waals surface area contributed by atoms with Gasteiger partial charge >= 0.3 is 0 Å². The number of piperidine rings is 1. The van der Waals surface area contributed by atoms with Crippen molar-refractivity contribution in [1.82, 2.24) is 4.31 Å². The Kier molecular flexibility index (Phi) is 6.85. The monoisotopic (exact) mass is 467 g/mol. The number of nitrogens with one attached hydrogen (secondary N) is 1. The fourth-order valence-corrected chi connectivity index (χ4v) is 5.40. The van der Waals surface area contributed by atoms with Crippen LogP contribution >= 0.6 is 0 Å². The van der Waals surface area contributed by atoms with E-state index in [0.29, 0.717) is 18.8 Å². The summed E-state index contributed by atoms with van der Waals surface area (Å²) in [7, 11) is -3.73. The highest BCUT2D eigenvalue weighted by atomic mass is 32.2. The Balaban J connectivity index is 1.53. The third-order valence-electron chi connectivity index (χ3n) is 5.64. The van der Waals surface area contributed by atoms with Crippen LogP contribution in [0.5, 0.6) is 0 Å². The summed E-state index contributed by atoms with van der Waals surface area (Å²) in [4.78, 5) is 14.9. The first-order valence-corrected chi connectivity index (χ1v) is 12.7. The van der Waals surface area contributed by atoms with Gasteiger partial charge in [0.1, 0.15) is 0 Å². The van der Waals surface area contributed by atoms with Crippen LogP contribution in [0.3, 0.4) is 0 Å². The van der Waals surface area contributed by atoms with E-state index in [0.717, 1.165) is 30.6 Å². The quantitative estimate of drug-likeness (QED) is 0.513. The molecule has 33 heavy (non-hydrogen) atoms. The third-order valence-corrected chi connectivity index (χ3v) is 7.42. The highest BCUT2D eigenvalue weighted by molar-refractivity contribution is 7.89. The van der Waals surface area contributed by atoms with Crippen molar-refractivity contribution in [3.05, 3.63) is 72.5 Å². The number of hydrogen-bond donors (Lipinski definition) is 1. The number of amides is 1. The number of furan rings is 1. The van der Waals surface area contributed by atoms with Crippen molar-refractivity contribution < 1.29 is 17.6 Å². The molecule has 1 saturated heterocycles. The first kappa shape index (κ1) is 23.1. The molecule has 0 unspecified atom stereocenters. The smallest absolute Gasteiger partial charge is 0.294 e. The van der Waals surface area contributed by atoms with Crippen molar-refractivity contribution in [2.45, 2.75) is 44.2 Å². The lowest BCUT2D eigenvalue weighted by atomic mass is 10.2. The lowest BCUT2D eigenvalue weighted by Gasteiger charge is -2.26. The van der Waals surface area contributed by atoms with Crippen molar-refractivity contribution in [1.29, 1.82) is 0 Å². The molecule has 2 heterocycles. The van der Waals surface area contributed by atoms with Crippen molar-refractivity contribution in [2.24, 2.45) is 0 Å². The minimum Gasteiger partial charge on any atom is -0.438 e. The highest BCUT2D eigenvalue weighted by Crippen LogP contribution is 2.27. The highest BCUT2D eigenvalue weighted by Gasteiger charge is 2.31. The van der Waals surface area contributed by atoms with E-state index in [2.05, 4.69) is 5.32 Å². The van der Waals surface area contributed by atoms with E-state index in [1.54, 1.807) is 4.90 Å². The van der Waals surface area contributed by atoms with Crippen LogP contribution in [0.1, 0.15) is 43.7 Å². The molecule has 1 N–H and O–H groups in total. The van der Waals surface area contributed by atoms with Gasteiger partial charge in [-0.1, -0.05) is 24.6 Å². The van der Waals surface area contributed by atoms with Crippen LogP contribution in [0, 0.1) is 0 Å². The summed E-state index contributed by atoms with van der Waals surface area (Å²) >= 11 is 0. The Hall–Kier alpha value is -3.10. The SMILES string of the molecule is CC(C)N(C(=O)c1ccc(S(=O)(=O)N2CCCCC2)o1)c1ccc(Nc2ccccc2)cc1. The second kappa shape index (κ2) is 9.80. The minimum atomic E-state index is -3.73. The topological polar surface area (TPSA) is 82.9 Å². The Morgan fingerprint density at radius 2 is 1.55 bits per heavy atom. The number of benzene rings is 2. The normalized spacial score (nSPS) is 14.9. The Bertz CT molecular complexity index is 1180. The molecule has 7 nitrogen and oxygen atoms in total. The average Bonchev–Trinajstić information content (AvgIpc) is 3.33. The molecule has 2 aromatic carbocycles. The van der Waals surface area contributed by atoms with Crippen LogP contribution in [0.25, 0.3) is 0 Å². The van der Waals surface area contributed by atoms with Crippen LogP contribution in [0.2, 0.25) is 0 Å². The van der Waals surface area contributed by atoms with Gasteiger partial charge in [0.15, 0.2) is 5.76 Å².